The molecular formula is C9H7BrINS. The molecule has 0 unspecified atom stereocenters. The Balaban J connectivity index is 2.85. The van der Waals surface area contributed by atoms with Gasteiger partial charge in [0.05, 0.1) is 0 Å². The van der Waals surface area contributed by atoms with E-state index in [-0.39, 0.29) is 0 Å². The molecule has 0 spiro atoms. The van der Waals surface area contributed by atoms with Gasteiger partial charge in [0, 0.05) is 30.1 Å². The van der Waals surface area contributed by atoms with Crippen molar-refractivity contribution in [2.45, 2.75) is 5.33 Å². The average molecular weight is 368 g/mol. The highest BCUT2D eigenvalue weighted by molar-refractivity contribution is 14.1. The number of nitrogens with two attached hydrogens (primary N) is 1. The molecule has 2 N–H and O–H groups in total. The minimum Gasteiger partial charge on any atom is -0.399 e. The van der Waals surface area contributed by atoms with Crippen LogP contribution in [-0.4, -0.2) is 0 Å². The van der Waals surface area contributed by atoms with E-state index in [1.807, 2.05) is 12.1 Å². The largest absolute Gasteiger partial charge is 0.399 e. The summed E-state index contributed by atoms with van der Waals surface area (Å²) in [4.78, 5) is 0. The van der Waals surface area contributed by atoms with Crippen LogP contribution in [0.25, 0.3) is 10.1 Å². The van der Waals surface area contributed by atoms with Crippen molar-refractivity contribution >= 4 is 65.6 Å². The van der Waals surface area contributed by atoms with Crippen LogP contribution in [-0.2, 0) is 5.33 Å². The van der Waals surface area contributed by atoms with Crippen LogP contribution in [0.2, 0.25) is 0 Å². The maximum absolute atomic E-state index is 5.79. The summed E-state index contributed by atoms with van der Waals surface area (Å²) in [5, 5.41) is 4.37. The SMILES string of the molecule is Nc1cc(CBr)c2c(I)csc2c1. The van der Waals surface area contributed by atoms with Gasteiger partial charge in [0.1, 0.15) is 0 Å². The Bertz CT molecular complexity index is 452. The predicted octanol–water partition coefficient (Wildman–Crippen LogP) is 3.98. The van der Waals surface area contributed by atoms with Crippen molar-refractivity contribution in [2.75, 3.05) is 5.73 Å². The molecule has 68 valence electrons. The second-order valence-electron chi connectivity index (χ2n) is 2.77. The Labute approximate surface area is 103 Å². The Morgan fingerprint density at radius 1 is 1.46 bits per heavy atom. The molecule has 0 atom stereocenters. The van der Waals surface area contributed by atoms with Gasteiger partial charge in [-0.25, -0.2) is 0 Å². The van der Waals surface area contributed by atoms with Crippen LogP contribution in [0.3, 0.4) is 0 Å². The van der Waals surface area contributed by atoms with E-state index in [0.29, 0.717) is 0 Å². The quantitative estimate of drug-likeness (QED) is 0.460. The number of rotatable bonds is 1. The van der Waals surface area contributed by atoms with Crippen molar-refractivity contribution in [1.82, 2.24) is 0 Å². The highest BCUT2D eigenvalue weighted by Gasteiger charge is 2.07. The lowest BCUT2D eigenvalue weighted by Crippen LogP contribution is -1.87. The van der Waals surface area contributed by atoms with Crippen LogP contribution in [0, 0.1) is 3.57 Å². The number of thiophene rings is 1. The first-order valence-corrected chi connectivity index (χ1v) is 6.81. The molecule has 1 aromatic heterocycles. The molecule has 0 amide bonds. The molecule has 1 heterocycles. The smallest absolute Gasteiger partial charge is 0.0377 e. The highest BCUT2D eigenvalue weighted by Crippen LogP contribution is 2.33. The Kier molecular flexibility index (Phi) is 2.80. The highest BCUT2D eigenvalue weighted by atomic mass is 127. The molecule has 4 heteroatoms. The second kappa shape index (κ2) is 3.74. The molecule has 0 aliphatic heterocycles. The van der Waals surface area contributed by atoms with Gasteiger partial charge in [0.25, 0.3) is 0 Å². The molecule has 0 radical (unpaired) electrons. The minimum atomic E-state index is 0.847. The van der Waals surface area contributed by atoms with Gasteiger partial charge in [-0.2, -0.15) is 0 Å². The van der Waals surface area contributed by atoms with E-state index in [1.54, 1.807) is 11.3 Å². The van der Waals surface area contributed by atoms with E-state index in [2.05, 4.69) is 43.9 Å². The Morgan fingerprint density at radius 3 is 2.92 bits per heavy atom. The zero-order valence-corrected chi connectivity index (χ0v) is 11.2. The lowest BCUT2D eigenvalue weighted by Gasteiger charge is -2.01. The van der Waals surface area contributed by atoms with E-state index in [0.717, 1.165) is 11.0 Å². The maximum Gasteiger partial charge on any atom is 0.0377 e. The predicted molar refractivity (Wildman–Crippen MR) is 71.6 cm³/mol. The molecule has 13 heavy (non-hydrogen) atoms. The molecule has 0 bridgehead atoms. The number of fused-ring (bicyclic) bond motifs is 1. The number of hydrogen-bond acceptors (Lipinski definition) is 2. The summed E-state index contributed by atoms with van der Waals surface area (Å²) >= 11 is 7.59. The Morgan fingerprint density at radius 2 is 2.23 bits per heavy atom. The third-order valence-corrected chi connectivity index (χ3v) is 4.69. The summed E-state index contributed by atoms with van der Waals surface area (Å²) in [5.74, 6) is 0. The van der Waals surface area contributed by atoms with E-state index in [1.165, 1.54) is 19.2 Å². The number of benzene rings is 1. The molecule has 0 saturated heterocycles. The number of halogens is 2. The standard InChI is InChI=1S/C9H7BrINS/c10-3-5-1-6(12)2-8-9(5)7(11)4-13-8/h1-2,4H,3,12H2. The van der Waals surface area contributed by atoms with E-state index in [9.17, 15) is 0 Å². The molecule has 0 aliphatic carbocycles. The molecular weight excluding hydrogens is 361 g/mol. The van der Waals surface area contributed by atoms with Gasteiger partial charge < -0.3 is 5.73 Å². The third kappa shape index (κ3) is 1.71. The van der Waals surface area contributed by atoms with Crippen molar-refractivity contribution in [3.63, 3.8) is 0 Å². The summed E-state index contributed by atoms with van der Waals surface area (Å²) < 4.78 is 2.59. The number of alkyl halides is 1. The van der Waals surface area contributed by atoms with E-state index >= 15 is 0 Å². The van der Waals surface area contributed by atoms with Crippen molar-refractivity contribution in [3.05, 3.63) is 26.6 Å². The van der Waals surface area contributed by atoms with Gasteiger partial charge in [0.15, 0.2) is 0 Å². The summed E-state index contributed by atoms with van der Waals surface area (Å²) in [7, 11) is 0. The summed E-state index contributed by atoms with van der Waals surface area (Å²) in [6, 6.07) is 4.07. The second-order valence-corrected chi connectivity index (χ2v) is 5.40. The fraction of sp³-hybridized carbons (Fsp3) is 0.111. The summed E-state index contributed by atoms with van der Waals surface area (Å²) in [5.41, 5.74) is 7.92. The van der Waals surface area contributed by atoms with Crippen molar-refractivity contribution < 1.29 is 0 Å². The average Bonchev–Trinajstić information content (AvgIpc) is 2.46. The monoisotopic (exact) mass is 367 g/mol. The first-order chi connectivity index (χ1) is 6.22. The molecule has 1 aromatic carbocycles. The van der Waals surface area contributed by atoms with Gasteiger partial charge in [-0.3, -0.25) is 0 Å². The zero-order chi connectivity index (χ0) is 9.42. The maximum atomic E-state index is 5.79. The van der Waals surface area contributed by atoms with E-state index < -0.39 is 0 Å². The minimum absolute atomic E-state index is 0.847. The van der Waals surface area contributed by atoms with Crippen LogP contribution in [0.15, 0.2) is 17.5 Å². The van der Waals surface area contributed by atoms with Crippen molar-refractivity contribution in [1.29, 1.82) is 0 Å². The third-order valence-electron chi connectivity index (χ3n) is 1.88. The lowest BCUT2D eigenvalue weighted by atomic mass is 10.1. The molecule has 2 aromatic rings. The summed E-state index contributed by atoms with van der Waals surface area (Å²) in [6.07, 6.45) is 0. The Hall–Kier alpha value is 0.190. The van der Waals surface area contributed by atoms with E-state index in [4.69, 9.17) is 5.73 Å². The first-order valence-electron chi connectivity index (χ1n) is 3.73. The van der Waals surface area contributed by atoms with Gasteiger partial charge in [-0.15, -0.1) is 11.3 Å². The first kappa shape index (κ1) is 9.73. The molecule has 0 fully saturated rings. The molecule has 2 rings (SSSR count). The number of anilines is 1. The topological polar surface area (TPSA) is 26.0 Å². The van der Waals surface area contributed by atoms with Crippen LogP contribution in [0.1, 0.15) is 5.56 Å². The lowest BCUT2D eigenvalue weighted by molar-refractivity contribution is 1.50. The van der Waals surface area contributed by atoms with Crippen LogP contribution >= 0.6 is 49.9 Å². The zero-order valence-electron chi connectivity index (χ0n) is 6.68. The number of hydrogen-bond donors (Lipinski definition) is 1. The van der Waals surface area contributed by atoms with Gasteiger partial charge in [0.2, 0.25) is 0 Å². The van der Waals surface area contributed by atoms with Crippen LogP contribution in [0.4, 0.5) is 5.69 Å². The fourth-order valence-corrected chi connectivity index (χ4v) is 3.90. The molecule has 0 saturated carbocycles. The van der Waals surface area contributed by atoms with Crippen molar-refractivity contribution in [2.24, 2.45) is 0 Å². The van der Waals surface area contributed by atoms with Crippen LogP contribution in [0.5, 0.6) is 0 Å². The molecule has 0 aliphatic rings. The summed E-state index contributed by atoms with van der Waals surface area (Å²) in [6.45, 7) is 0. The van der Waals surface area contributed by atoms with Gasteiger partial charge in [-0.1, -0.05) is 15.9 Å². The normalized spacial score (nSPS) is 10.9. The number of nitrogen functional groups attached to an aromatic ring is 1. The van der Waals surface area contributed by atoms with Gasteiger partial charge >= 0.3 is 0 Å². The molecule has 1 nitrogen and oxygen atoms in total. The van der Waals surface area contributed by atoms with Gasteiger partial charge in [-0.05, 0) is 40.3 Å². The van der Waals surface area contributed by atoms with Crippen LogP contribution < -0.4 is 5.73 Å². The van der Waals surface area contributed by atoms with Crippen molar-refractivity contribution in [3.8, 4) is 0 Å². The fourth-order valence-electron chi connectivity index (χ4n) is 1.34.